The normalized spacial score (nSPS) is 28.4. The Bertz CT molecular complexity index is 549. The van der Waals surface area contributed by atoms with Gasteiger partial charge in [-0.25, -0.2) is 0 Å². The first-order chi connectivity index (χ1) is 8.69. The topological polar surface area (TPSA) is 38.9 Å². The number of benzene rings is 1. The Hall–Kier alpha value is -1.41. The molecule has 0 spiro atoms. The van der Waals surface area contributed by atoms with E-state index in [0.717, 1.165) is 24.3 Å². The van der Waals surface area contributed by atoms with Crippen LogP contribution in [0.5, 0.6) is 0 Å². The van der Waals surface area contributed by atoms with Gasteiger partial charge in [-0.3, -0.25) is 4.98 Å². The molecule has 2 N–H and O–H groups in total. The van der Waals surface area contributed by atoms with Crippen LogP contribution < -0.4 is 5.73 Å². The predicted octanol–water partition coefficient (Wildman–Crippen LogP) is 3.60. The van der Waals surface area contributed by atoms with Gasteiger partial charge in [0.15, 0.2) is 0 Å². The summed E-state index contributed by atoms with van der Waals surface area (Å²) in [5.41, 5.74) is 8.80. The minimum atomic E-state index is -0.180. The lowest BCUT2D eigenvalue weighted by Crippen LogP contribution is -2.40. The van der Waals surface area contributed by atoms with Crippen LogP contribution in [0.25, 0.3) is 10.9 Å². The molecule has 3 rings (SSSR count). The fourth-order valence-corrected chi connectivity index (χ4v) is 3.05. The lowest BCUT2D eigenvalue weighted by Gasteiger charge is -2.37. The van der Waals surface area contributed by atoms with Crippen LogP contribution in [-0.4, -0.2) is 4.98 Å². The first-order valence-electron chi connectivity index (χ1n) is 6.82. The molecular formula is C16H20N2. The van der Waals surface area contributed by atoms with Crippen LogP contribution in [0.2, 0.25) is 0 Å². The van der Waals surface area contributed by atoms with Gasteiger partial charge in [-0.1, -0.05) is 31.2 Å². The minimum Gasteiger partial charge on any atom is -0.321 e. The van der Waals surface area contributed by atoms with Gasteiger partial charge in [0.25, 0.3) is 0 Å². The quantitative estimate of drug-likeness (QED) is 0.827. The molecule has 0 saturated heterocycles. The van der Waals surface area contributed by atoms with Crippen molar-refractivity contribution >= 4 is 10.9 Å². The molecule has 2 heteroatoms. The van der Waals surface area contributed by atoms with Crippen molar-refractivity contribution < 1.29 is 0 Å². The maximum absolute atomic E-state index is 6.67. The molecule has 0 aliphatic heterocycles. The van der Waals surface area contributed by atoms with Crippen LogP contribution >= 0.6 is 0 Å². The zero-order valence-corrected chi connectivity index (χ0v) is 10.9. The number of fused-ring (bicyclic) bond motifs is 1. The molecular weight excluding hydrogens is 220 g/mol. The zero-order chi connectivity index (χ0) is 12.6. The Balaban J connectivity index is 2.08. The van der Waals surface area contributed by atoms with Crippen molar-refractivity contribution in [1.29, 1.82) is 0 Å². The molecule has 1 heterocycles. The monoisotopic (exact) mass is 240 g/mol. The van der Waals surface area contributed by atoms with Crippen molar-refractivity contribution in [2.24, 2.45) is 11.7 Å². The Kier molecular flexibility index (Phi) is 2.83. The lowest BCUT2D eigenvalue weighted by atomic mass is 9.73. The Morgan fingerprint density at radius 1 is 1.17 bits per heavy atom. The number of pyridine rings is 1. The van der Waals surface area contributed by atoms with Crippen molar-refractivity contribution in [2.45, 2.75) is 38.1 Å². The Labute approximate surface area is 108 Å². The molecule has 2 aromatic rings. The van der Waals surface area contributed by atoms with Crippen molar-refractivity contribution in [3.05, 3.63) is 42.1 Å². The summed E-state index contributed by atoms with van der Waals surface area (Å²) in [7, 11) is 0. The first-order valence-corrected chi connectivity index (χ1v) is 6.82. The van der Waals surface area contributed by atoms with E-state index in [9.17, 15) is 0 Å². The molecule has 1 saturated carbocycles. The van der Waals surface area contributed by atoms with E-state index in [0.29, 0.717) is 0 Å². The van der Waals surface area contributed by atoms with E-state index in [4.69, 9.17) is 5.73 Å². The molecule has 1 aliphatic rings. The molecule has 0 atom stereocenters. The average Bonchev–Trinajstić information content (AvgIpc) is 2.42. The number of nitrogens with zero attached hydrogens (tertiary/aromatic N) is 1. The van der Waals surface area contributed by atoms with Crippen LogP contribution in [0.3, 0.4) is 0 Å². The van der Waals surface area contributed by atoms with Gasteiger partial charge in [-0.05, 0) is 43.2 Å². The molecule has 94 valence electrons. The summed E-state index contributed by atoms with van der Waals surface area (Å²) in [6, 6.07) is 10.5. The van der Waals surface area contributed by atoms with E-state index >= 15 is 0 Å². The summed E-state index contributed by atoms with van der Waals surface area (Å²) in [6.07, 6.45) is 6.45. The van der Waals surface area contributed by atoms with Crippen molar-refractivity contribution in [1.82, 2.24) is 4.98 Å². The molecule has 0 amide bonds. The van der Waals surface area contributed by atoms with Crippen LogP contribution in [0, 0.1) is 5.92 Å². The van der Waals surface area contributed by atoms with Gasteiger partial charge in [0.05, 0.1) is 5.52 Å². The smallest absolute Gasteiger partial charge is 0.0752 e. The standard InChI is InChI=1S/C16H20N2/c1-12-7-9-16(17,10-8-12)14-6-2-4-13-5-3-11-18-15(13)14/h2-6,11-12H,7-10,17H2,1H3. The second kappa shape index (κ2) is 4.36. The van der Waals surface area contributed by atoms with Gasteiger partial charge in [0.1, 0.15) is 0 Å². The SMILES string of the molecule is CC1CCC(N)(c2cccc3cccnc23)CC1. The van der Waals surface area contributed by atoms with E-state index in [1.54, 1.807) is 0 Å². The second-order valence-electron chi connectivity index (χ2n) is 5.72. The molecule has 1 aromatic carbocycles. The fourth-order valence-electron chi connectivity index (χ4n) is 3.05. The lowest BCUT2D eigenvalue weighted by molar-refractivity contribution is 0.249. The Morgan fingerprint density at radius 2 is 1.89 bits per heavy atom. The number of aromatic nitrogens is 1. The third kappa shape index (κ3) is 1.91. The van der Waals surface area contributed by atoms with E-state index in [1.165, 1.54) is 23.8 Å². The van der Waals surface area contributed by atoms with Gasteiger partial charge in [-0.2, -0.15) is 0 Å². The summed E-state index contributed by atoms with van der Waals surface area (Å²) in [6.45, 7) is 2.32. The summed E-state index contributed by atoms with van der Waals surface area (Å²) in [5, 5.41) is 1.19. The van der Waals surface area contributed by atoms with Gasteiger partial charge >= 0.3 is 0 Å². The minimum absolute atomic E-state index is 0.180. The molecule has 1 fully saturated rings. The third-order valence-electron chi connectivity index (χ3n) is 4.34. The van der Waals surface area contributed by atoms with Gasteiger partial charge in [0.2, 0.25) is 0 Å². The molecule has 18 heavy (non-hydrogen) atoms. The molecule has 1 aliphatic carbocycles. The Morgan fingerprint density at radius 3 is 2.67 bits per heavy atom. The maximum atomic E-state index is 6.67. The van der Waals surface area contributed by atoms with E-state index < -0.39 is 0 Å². The highest BCUT2D eigenvalue weighted by Gasteiger charge is 2.33. The molecule has 0 unspecified atom stereocenters. The zero-order valence-electron chi connectivity index (χ0n) is 10.9. The average molecular weight is 240 g/mol. The van der Waals surface area contributed by atoms with Crippen molar-refractivity contribution in [3.63, 3.8) is 0 Å². The van der Waals surface area contributed by atoms with E-state index in [-0.39, 0.29) is 5.54 Å². The van der Waals surface area contributed by atoms with Crippen LogP contribution in [0.15, 0.2) is 36.5 Å². The highest BCUT2D eigenvalue weighted by atomic mass is 14.8. The van der Waals surface area contributed by atoms with E-state index in [2.05, 4.69) is 36.2 Å². The van der Waals surface area contributed by atoms with Crippen LogP contribution in [0.1, 0.15) is 38.2 Å². The van der Waals surface area contributed by atoms with Gasteiger partial charge in [0, 0.05) is 17.1 Å². The molecule has 0 bridgehead atoms. The highest BCUT2D eigenvalue weighted by molar-refractivity contribution is 5.82. The van der Waals surface area contributed by atoms with Gasteiger partial charge in [-0.15, -0.1) is 0 Å². The summed E-state index contributed by atoms with van der Waals surface area (Å²) in [4.78, 5) is 4.54. The summed E-state index contributed by atoms with van der Waals surface area (Å²) >= 11 is 0. The number of nitrogens with two attached hydrogens (primary N) is 1. The number of hydrogen-bond acceptors (Lipinski definition) is 2. The first kappa shape index (κ1) is 11.7. The number of hydrogen-bond donors (Lipinski definition) is 1. The second-order valence-corrected chi connectivity index (χ2v) is 5.72. The number of para-hydroxylation sites is 1. The van der Waals surface area contributed by atoms with E-state index in [1.807, 2.05) is 12.3 Å². The highest BCUT2D eigenvalue weighted by Crippen LogP contribution is 2.39. The van der Waals surface area contributed by atoms with Crippen molar-refractivity contribution in [3.8, 4) is 0 Å². The third-order valence-corrected chi connectivity index (χ3v) is 4.34. The molecule has 1 aromatic heterocycles. The predicted molar refractivity (Wildman–Crippen MR) is 75.2 cm³/mol. The van der Waals surface area contributed by atoms with Gasteiger partial charge < -0.3 is 5.73 Å². The number of rotatable bonds is 1. The largest absolute Gasteiger partial charge is 0.321 e. The maximum Gasteiger partial charge on any atom is 0.0752 e. The fraction of sp³-hybridized carbons (Fsp3) is 0.438. The molecule has 0 radical (unpaired) electrons. The van der Waals surface area contributed by atoms with Crippen LogP contribution in [0.4, 0.5) is 0 Å². The summed E-state index contributed by atoms with van der Waals surface area (Å²) in [5.74, 6) is 0.810. The molecule has 2 nitrogen and oxygen atoms in total. The van der Waals surface area contributed by atoms with Crippen molar-refractivity contribution in [2.75, 3.05) is 0 Å². The van der Waals surface area contributed by atoms with Crippen LogP contribution in [-0.2, 0) is 5.54 Å². The summed E-state index contributed by atoms with van der Waals surface area (Å²) < 4.78 is 0.